The molecule has 35 heavy (non-hydrogen) atoms. The second-order valence-electron chi connectivity index (χ2n) is 10.4. The Morgan fingerprint density at radius 2 is 1.60 bits per heavy atom. The summed E-state index contributed by atoms with van der Waals surface area (Å²) in [5, 5.41) is 5.23. The van der Waals surface area contributed by atoms with Crippen molar-refractivity contribution in [2.24, 2.45) is 0 Å². The fraction of sp³-hybridized carbons (Fsp3) is 0.500. The van der Waals surface area contributed by atoms with Gasteiger partial charge in [-0.2, -0.15) is 5.10 Å². The number of anilines is 1. The van der Waals surface area contributed by atoms with Crippen LogP contribution in [0, 0.1) is 6.92 Å². The predicted octanol–water partition coefficient (Wildman–Crippen LogP) is 5.22. The van der Waals surface area contributed by atoms with Gasteiger partial charge in [0.25, 0.3) is 0 Å². The van der Waals surface area contributed by atoms with Gasteiger partial charge in [-0.05, 0) is 68.5 Å². The monoisotopic (exact) mass is 471 g/mol. The summed E-state index contributed by atoms with van der Waals surface area (Å²) in [4.78, 5) is 7.73. The standard InChI is InChI=1S/C30H41N5/c1-5-24-10-12-25(13-11-24)21-34(26-14-15-26)22-28-29(6-2)31-35(27-9-7-8-23(3)20-27)30(28)33-18-16-32(4)17-19-33/h7-13,20,26H,5-6,14-19,21-22H2,1-4H3. The van der Waals surface area contributed by atoms with E-state index in [2.05, 4.69) is 95.7 Å². The molecule has 1 aliphatic carbocycles. The summed E-state index contributed by atoms with van der Waals surface area (Å²) in [6, 6.07) is 18.7. The minimum atomic E-state index is 0.688. The van der Waals surface area contributed by atoms with E-state index in [4.69, 9.17) is 5.10 Å². The van der Waals surface area contributed by atoms with Gasteiger partial charge < -0.3 is 9.80 Å². The molecule has 1 aromatic heterocycles. The van der Waals surface area contributed by atoms with E-state index < -0.39 is 0 Å². The Kier molecular flexibility index (Phi) is 7.26. The molecular weight excluding hydrogens is 430 g/mol. The molecule has 0 amide bonds. The van der Waals surface area contributed by atoms with Gasteiger partial charge in [0.1, 0.15) is 5.82 Å². The molecule has 0 unspecified atom stereocenters. The van der Waals surface area contributed by atoms with Crippen LogP contribution in [0.1, 0.15) is 54.6 Å². The van der Waals surface area contributed by atoms with Crippen LogP contribution in [0.4, 0.5) is 5.82 Å². The van der Waals surface area contributed by atoms with Crippen LogP contribution in [-0.4, -0.2) is 58.8 Å². The summed E-state index contributed by atoms with van der Waals surface area (Å²) in [5.41, 5.74) is 7.95. The molecule has 1 aliphatic heterocycles. The second-order valence-corrected chi connectivity index (χ2v) is 10.4. The molecule has 3 aromatic rings. The van der Waals surface area contributed by atoms with Crippen molar-refractivity contribution in [2.75, 3.05) is 38.1 Å². The van der Waals surface area contributed by atoms with Crippen molar-refractivity contribution in [2.45, 2.75) is 65.6 Å². The third-order valence-corrected chi connectivity index (χ3v) is 7.66. The van der Waals surface area contributed by atoms with Gasteiger partial charge in [-0.1, -0.05) is 50.2 Å². The summed E-state index contributed by atoms with van der Waals surface area (Å²) < 4.78 is 2.24. The van der Waals surface area contributed by atoms with Crippen LogP contribution in [0.3, 0.4) is 0 Å². The number of rotatable bonds is 9. The number of aryl methyl sites for hydroxylation is 3. The van der Waals surface area contributed by atoms with Crippen molar-refractivity contribution < 1.29 is 0 Å². The summed E-state index contributed by atoms with van der Waals surface area (Å²) in [5.74, 6) is 1.31. The molecule has 2 heterocycles. The molecule has 186 valence electrons. The maximum atomic E-state index is 5.23. The number of hydrogen-bond acceptors (Lipinski definition) is 4. The first-order chi connectivity index (χ1) is 17.1. The third-order valence-electron chi connectivity index (χ3n) is 7.66. The second kappa shape index (κ2) is 10.5. The van der Waals surface area contributed by atoms with E-state index >= 15 is 0 Å². The fourth-order valence-corrected chi connectivity index (χ4v) is 5.29. The van der Waals surface area contributed by atoms with Crippen molar-refractivity contribution in [1.82, 2.24) is 19.6 Å². The lowest BCUT2D eigenvalue weighted by molar-refractivity contribution is 0.244. The molecule has 0 atom stereocenters. The summed E-state index contributed by atoms with van der Waals surface area (Å²) in [6.07, 6.45) is 4.67. The largest absolute Gasteiger partial charge is 0.354 e. The van der Waals surface area contributed by atoms with Gasteiger partial charge >= 0.3 is 0 Å². The highest BCUT2D eigenvalue weighted by atomic mass is 15.4. The number of benzene rings is 2. The van der Waals surface area contributed by atoms with Gasteiger partial charge in [-0.25, -0.2) is 4.68 Å². The normalized spacial score (nSPS) is 16.9. The highest BCUT2D eigenvalue weighted by Gasteiger charge is 2.33. The molecule has 0 bridgehead atoms. The molecule has 1 saturated carbocycles. The smallest absolute Gasteiger partial charge is 0.137 e. The molecule has 0 radical (unpaired) electrons. The van der Waals surface area contributed by atoms with Crippen molar-refractivity contribution >= 4 is 5.82 Å². The first-order valence-corrected chi connectivity index (χ1v) is 13.5. The zero-order chi connectivity index (χ0) is 24.4. The number of likely N-dealkylation sites (N-methyl/N-ethyl adjacent to an activating group) is 1. The SMILES string of the molecule is CCc1ccc(CN(Cc2c(CC)nn(-c3cccc(C)c3)c2N2CCN(C)CC2)C2CC2)cc1. The van der Waals surface area contributed by atoms with E-state index in [1.165, 1.54) is 52.3 Å². The van der Waals surface area contributed by atoms with Gasteiger partial charge in [-0.3, -0.25) is 4.90 Å². The number of hydrogen-bond donors (Lipinski definition) is 0. The van der Waals surface area contributed by atoms with Gasteiger partial charge in [0.05, 0.1) is 11.4 Å². The van der Waals surface area contributed by atoms with Crippen LogP contribution in [0.15, 0.2) is 48.5 Å². The molecule has 2 fully saturated rings. The van der Waals surface area contributed by atoms with E-state index in [0.29, 0.717) is 6.04 Å². The average Bonchev–Trinajstić information content (AvgIpc) is 3.66. The first-order valence-electron chi connectivity index (χ1n) is 13.5. The van der Waals surface area contributed by atoms with Gasteiger partial charge in [0.2, 0.25) is 0 Å². The lowest BCUT2D eigenvalue weighted by Crippen LogP contribution is -2.45. The van der Waals surface area contributed by atoms with E-state index in [1.54, 1.807) is 0 Å². The average molecular weight is 472 g/mol. The fourth-order valence-electron chi connectivity index (χ4n) is 5.29. The van der Waals surface area contributed by atoms with Crippen LogP contribution in [-0.2, 0) is 25.9 Å². The lowest BCUT2D eigenvalue weighted by atomic mass is 10.1. The zero-order valence-electron chi connectivity index (χ0n) is 22.0. The molecule has 0 spiro atoms. The molecule has 5 heteroatoms. The van der Waals surface area contributed by atoms with Crippen molar-refractivity contribution in [1.29, 1.82) is 0 Å². The topological polar surface area (TPSA) is 27.5 Å². The predicted molar refractivity (Wildman–Crippen MR) is 145 cm³/mol. The molecule has 2 aliphatic rings. The van der Waals surface area contributed by atoms with Gasteiger partial charge in [0.15, 0.2) is 0 Å². The molecule has 5 nitrogen and oxygen atoms in total. The Morgan fingerprint density at radius 3 is 2.23 bits per heavy atom. The van der Waals surface area contributed by atoms with E-state index in [-0.39, 0.29) is 0 Å². The molecular formula is C30H41N5. The van der Waals surface area contributed by atoms with Gasteiger partial charge in [0, 0.05) is 50.9 Å². The maximum absolute atomic E-state index is 5.23. The highest BCUT2D eigenvalue weighted by molar-refractivity contribution is 5.56. The van der Waals surface area contributed by atoms with E-state index in [1.807, 2.05) is 0 Å². The van der Waals surface area contributed by atoms with Crippen LogP contribution in [0.5, 0.6) is 0 Å². The minimum absolute atomic E-state index is 0.688. The lowest BCUT2D eigenvalue weighted by Gasteiger charge is -2.35. The quantitative estimate of drug-likeness (QED) is 0.428. The summed E-state index contributed by atoms with van der Waals surface area (Å²) in [6.45, 7) is 12.9. The zero-order valence-corrected chi connectivity index (χ0v) is 22.0. The minimum Gasteiger partial charge on any atom is -0.354 e. The third kappa shape index (κ3) is 5.46. The molecule has 1 saturated heterocycles. The van der Waals surface area contributed by atoms with Crippen LogP contribution in [0.25, 0.3) is 5.69 Å². The van der Waals surface area contributed by atoms with E-state index in [9.17, 15) is 0 Å². The highest BCUT2D eigenvalue weighted by Crippen LogP contribution is 2.35. The Bertz CT molecular complexity index is 1120. The van der Waals surface area contributed by atoms with Crippen LogP contribution in [0.2, 0.25) is 0 Å². The number of aromatic nitrogens is 2. The Morgan fingerprint density at radius 1 is 0.886 bits per heavy atom. The number of nitrogens with zero attached hydrogens (tertiary/aromatic N) is 5. The Hall–Kier alpha value is -2.63. The molecule has 0 N–H and O–H groups in total. The first kappa shape index (κ1) is 24.1. The van der Waals surface area contributed by atoms with Crippen molar-refractivity contribution in [3.05, 3.63) is 76.5 Å². The Labute approximate surface area is 211 Å². The van der Waals surface area contributed by atoms with Crippen LogP contribution >= 0.6 is 0 Å². The number of piperazine rings is 1. The summed E-state index contributed by atoms with van der Waals surface area (Å²) >= 11 is 0. The van der Waals surface area contributed by atoms with E-state index in [0.717, 1.165) is 52.1 Å². The molecule has 5 rings (SSSR count). The van der Waals surface area contributed by atoms with Crippen molar-refractivity contribution in [3.8, 4) is 5.69 Å². The van der Waals surface area contributed by atoms with Crippen molar-refractivity contribution in [3.63, 3.8) is 0 Å². The maximum Gasteiger partial charge on any atom is 0.137 e. The molecule has 2 aromatic carbocycles. The Balaban J connectivity index is 1.51. The summed E-state index contributed by atoms with van der Waals surface area (Å²) in [7, 11) is 2.23. The van der Waals surface area contributed by atoms with Gasteiger partial charge in [-0.15, -0.1) is 0 Å². The van der Waals surface area contributed by atoms with Crippen LogP contribution < -0.4 is 4.90 Å².